The van der Waals surface area contributed by atoms with Crippen molar-refractivity contribution in [2.45, 2.75) is 20.3 Å². The van der Waals surface area contributed by atoms with E-state index in [9.17, 15) is 0 Å². The minimum atomic E-state index is 0.148. The molecule has 5 heteroatoms. The Kier molecular flexibility index (Phi) is 3.33. The third kappa shape index (κ3) is 2.71. The van der Waals surface area contributed by atoms with Gasteiger partial charge in [-0.15, -0.1) is 0 Å². The van der Waals surface area contributed by atoms with Crippen LogP contribution in [0.25, 0.3) is 0 Å². The maximum atomic E-state index is 5.74. The average Bonchev–Trinajstić information content (AvgIpc) is 1.98. The Morgan fingerprint density at radius 3 is 2.46 bits per heavy atom. The van der Waals surface area contributed by atoms with E-state index in [1.54, 1.807) is 0 Å². The summed E-state index contributed by atoms with van der Waals surface area (Å²) in [5, 5.41) is 0.380. The molecule has 0 aliphatic rings. The zero-order valence-electron chi connectivity index (χ0n) is 7.51. The zero-order chi connectivity index (χ0) is 10.0. The van der Waals surface area contributed by atoms with Gasteiger partial charge in [-0.1, -0.05) is 25.4 Å². The molecule has 1 aromatic heterocycles. The predicted octanol–water partition coefficient (Wildman–Crippen LogP) is 2.56. The van der Waals surface area contributed by atoms with Crippen LogP contribution in [0, 0.1) is 5.92 Å². The second-order valence-corrected chi connectivity index (χ2v) is 3.94. The summed E-state index contributed by atoms with van der Waals surface area (Å²) >= 11 is 11.4. The Morgan fingerprint density at radius 2 is 1.92 bits per heavy atom. The maximum Gasteiger partial charge on any atom is 0.224 e. The van der Waals surface area contributed by atoms with Crippen molar-refractivity contribution in [3.05, 3.63) is 16.1 Å². The second-order valence-electron chi connectivity index (χ2n) is 3.24. The lowest BCUT2D eigenvalue weighted by Crippen LogP contribution is -2.05. The molecule has 0 amide bonds. The number of anilines is 1. The van der Waals surface area contributed by atoms with Gasteiger partial charge in [0.1, 0.15) is 0 Å². The van der Waals surface area contributed by atoms with Crippen molar-refractivity contribution in [3.63, 3.8) is 0 Å². The van der Waals surface area contributed by atoms with Gasteiger partial charge < -0.3 is 5.73 Å². The Morgan fingerprint density at radius 1 is 1.31 bits per heavy atom. The Labute approximate surface area is 87.3 Å². The second kappa shape index (κ2) is 4.11. The van der Waals surface area contributed by atoms with Crippen LogP contribution in [0.4, 0.5) is 5.69 Å². The van der Waals surface area contributed by atoms with Crippen LogP contribution < -0.4 is 5.73 Å². The van der Waals surface area contributed by atoms with Gasteiger partial charge in [-0.2, -0.15) is 0 Å². The van der Waals surface area contributed by atoms with Gasteiger partial charge in [0, 0.05) is 0 Å². The fourth-order valence-electron chi connectivity index (χ4n) is 0.999. The highest BCUT2D eigenvalue weighted by molar-refractivity contribution is 6.33. The van der Waals surface area contributed by atoms with Crippen molar-refractivity contribution in [1.82, 2.24) is 9.97 Å². The van der Waals surface area contributed by atoms with Gasteiger partial charge >= 0.3 is 0 Å². The van der Waals surface area contributed by atoms with E-state index < -0.39 is 0 Å². The molecule has 0 aliphatic carbocycles. The molecule has 0 saturated heterocycles. The minimum absolute atomic E-state index is 0.148. The number of rotatable bonds is 2. The molecule has 1 rings (SSSR count). The molecule has 2 N–H and O–H groups in total. The molecule has 0 saturated carbocycles. The summed E-state index contributed by atoms with van der Waals surface area (Å²) in [5.74, 6) is 0.462. The Hall–Kier alpha value is -0.540. The molecule has 72 valence electrons. The molecule has 0 aliphatic heterocycles. The van der Waals surface area contributed by atoms with Gasteiger partial charge in [-0.25, -0.2) is 9.97 Å². The van der Waals surface area contributed by atoms with Gasteiger partial charge in [-0.3, -0.25) is 0 Å². The van der Waals surface area contributed by atoms with E-state index in [1.807, 2.05) is 0 Å². The van der Waals surface area contributed by atoms with Crippen molar-refractivity contribution in [2.75, 3.05) is 5.73 Å². The van der Waals surface area contributed by atoms with Crippen LogP contribution in [0.5, 0.6) is 0 Å². The smallest absolute Gasteiger partial charge is 0.224 e. The highest BCUT2D eigenvalue weighted by Crippen LogP contribution is 2.22. The topological polar surface area (TPSA) is 51.8 Å². The molecule has 3 nitrogen and oxygen atoms in total. The summed E-state index contributed by atoms with van der Waals surface area (Å²) in [6.45, 7) is 4.15. The number of aromatic nitrogens is 2. The molecular formula is C8H11Cl2N3. The summed E-state index contributed by atoms with van der Waals surface area (Å²) in [6.07, 6.45) is 0.758. The van der Waals surface area contributed by atoms with Crippen LogP contribution in [0.2, 0.25) is 10.4 Å². The summed E-state index contributed by atoms with van der Waals surface area (Å²) < 4.78 is 0. The first-order chi connectivity index (χ1) is 6.00. The summed E-state index contributed by atoms with van der Waals surface area (Å²) in [5.41, 5.74) is 6.84. The SMILES string of the molecule is CC(C)Cc1nc(Cl)nc(Cl)c1N. The van der Waals surface area contributed by atoms with Gasteiger partial charge in [-0.05, 0) is 23.9 Å². The summed E-state index contributed by atoms with van der Waals surface area (Å²) in [4.78, 5) is 7.75. The predicted molar refractivity (Wildman–Crippen MR) is 55.0 cm³/mol. The fourth-order valence-corrected chi connectivity index (χ4v) is 1.42. The van der Waals surface area contributed by atoms with E-state index in [-0.39, 0.29) is 10.4 Å². The van der Waals surface area contributed by atoms with Crippen LogP contribution in [-0.2, 0) is 6.42 Å². The molecule has 0 spiro atoms. The maximum absolute atomic E-state index is 5.74. The Bertz CT molecular complexity index is 313. The zero-order valence-corrected chi connectivity index (χ0v) is 9.02. The molecule has 0 atom stereocenters. The highest BCUT2D eigenvalue weighted by atomic mass is 35.5. The van der Waals surface area contributed by atoms with Crippen molar-refractivity contribution in [2.24, 2.45) is 5.92 Å². The first-order valence-corrected chi connectivity index (χ1v) is 4.73. The lowest BCUT2D eigenvalue weighted by Gasteiger charge is -2.08. The van der Waals surface area contributed by atoms with Crippen molar-refractivity contribution in [1.29, 1.82) is 0 Å². The van der Waals surface area contributed by atoms with Crippen LogP contribution in [0.1, 0.15) is 19.5 Å². The van der Waals surface area contributed by atoms with Gasteiger partial charge in [0.15, 0.2) is 5.15 Å². The first kappa shape index (κ1) is 10.5. The molecule has 0 bridgehead atoms. The lowest BCUT2D eigenvalue weighted by molar-refractivity contribution is 0.635. The van der Waals surface area contributed by atoms with Gasteiger partial charge in [0.2, 0.25) is 5.28 Å². The standard InChI is InChI=1S/C8H11Cl2N3/c1-4(2)3-5-6(11)7(9)13-8(10)12-5/h4H,3,11H2,1-2H3. The van der Waals surface area contributed by atoms with Crippen LogP contribution in [0.3, 0.4) is 0 Å². The van der Waals surface area contributed by atoms with E-state index in [2.05, 4.69) is 23.8 Å². The van der Waals surface area contributed by atoms with Crippen molar-refractivity contribution < 1.29 is 0 Å². The van der Waals surface area contributed by atoms with E-state index in [0.29, 0.717) is 11.6 Å². The van der Waals surface area contributed by atoms with E-state index in [0.717, 1.165) is 12.1 Å². The number of halogens is 2. The molecule has 0 aromatic carbocycles. The van der Waals surface area contributed by atoms with Gasteiger partial charge in [0.25, 0.3) is 0 Å². The third-order valence-corrected chi connectivity index (χ3v) is 2.01. The molecule has 0 fully saturated rings. The average molecular weight is 220 g/mol. The molecule has 0 unspecified atom stereocenters. The Balaban J connectivity index is 3.05. The van der Waals surface area contributed by atoms with E-state index >= 15 is 0 Å². The monoisotopic (exact) mass is 219 g/mol. The molecule has 1 aromatic rings. The summed E-state index contributed by atoms with van der Waals surface area (Å²) in [7, 11) is 0. The van der Waals surface area contributed by atoms with E-state index in [4.69, 9.17) is 28.9 Å². The number of nitrogen functional groups attached to an aromatic ring is 1. The van der Waals surface area contributed by atoms with E-state index in [1.165, 1.54) is 0 Å². The van der Waals surface area contributed by atoms with Crippen LogP contribution in [-0.4, -0.2) is 9.97 Å². The quantitative estimate of drug-likeness (QED) is 0.615. The highest BCUT2D eigenvalue weighted by Gasteiger charge is 2.10. The fraction of sp³-hybridized carbons (Fsp3) is 0.500. The minimum Gasteiger partial charge on any atom is -0.395 e. The molecule has 0 radical (unpaired) electrons. The number of nitrogens with two attached hydrogens (primary N) is 1. The lowest BCUT2D eigenvalue weighted by atomic mass is 10.1. The molecule has 1 heterocycles. The largest absolute Gasteiger partial charge is 0.395 e. The number of nitrogens with zero attached hydrogens (tertiary/aromatic N) is 2. The van der Waals surface area contributed by atoms with Crippen molar-refractivity contribution in [3.8, 4) is 0 Å². The summed E-state index contributed by atoms with van der Waals surface area (Å²) in [6, 6.07) is 0. The van der Waals surface area contributed by atoms with Crippen LogP contribution >= 0.6 is 23.2 Å². The van der Waals surface area contributed by atoms with Crippen molar-refractivity contribution >= 4 is 28.9 Å². The molecular weight excluding hydrogens is 209 g/mol. The van der Waals surface area contributed by atoms with Gasteiger partial charge in [0.05, 0.1) is 11.4 Å². The first-order valence-electron chi connectivity index (χ1n) is 3.98. The molecule has 13 heavy (non-hydrogen) atoms. The normalized spacial score (nSPS) is 10.8. The van der Waals surface area contributed by atoms with Crippen LogP contribution in [0.15, 0.2) is 0 Å². The number of hydrogen-bond acceptors (Lipinski definition) is 3. The third-order valence-electron chi connectivity index (χ3n) is 1.55. The number of hydrogen-bond donors (Lipinski definition) is 1.